The van der Waals surface area contributed by atoms with Crippen LogP contribution in [0.2, 0.25) is 0 Å². The molecule has 0 heterocycles. The molecule has 0 aliphatic heterocycles. The lowest BCUT2D eigenvalue weighted by Crippen LogP contribution is -2.24. The van der Waals surface area contributed by atoms with Crippen molar-refractivity contribution >= 4 is 21.6 Å². The van der Waals surface area contributed by atoms with Crippen LogP contribution in [0, 0.1) is 11.3 Å². The summed E-state index contributed by atoms with van der Waals surface area (Å²) < 4.78 is 0.741. The summed E-state index contributed by atoms with van der Waals surface area (Å²) in [7, 11) is 4.14. The van der Waals surface area contributed by atoms with E-state index in [9.17, 15) is 0 Å². The fourth-order valence-corrected chi connectivity index (χ4v) is 5.63. The van der Waals surface area contributed by atoms with Crippen LogP contribution < -0.4 is 0 Å². The average molecular weight is 277 g/mol. The Kier molecular flexibility index (Phi) is 6.49. The van der Waals surface area contributed by atoms with Crippen molar-refractivity contribution in [2.24, 2.45) is 11.3 Å². The van der Waals surface area contributed by atoms with E-state index in [0.717, 1.165) is 5.92 Å². The van der Waals surface area contributed by atoms with Gasteiger partial charge < -0.3 is 0 Å². The van der Waals surface area contributed by atoms with Gasteiger partial charge in [-0.2, -0.15) is 0 Å². The van der Waals surface area contributed by atoms with Crippen LogP contribution >= 0.6 is 21.6 Å². The Labute approximate surface area is 117 Å². The van der Waals surface area contributed by atoms with Crippen LogP contribution in [0.25, 0.3) is 0 Å². The van der Waals surface area contributed by atoms with E-state index < -0.39 is 0 Å². The van der Waals surface area contributed by atoms with E-state index in [0.29, 0.717) is 14.9 Å². The summed E-state index contributed by atoms with van der Waals surface area (Å²) in [5.74, 6) is 0.781. The second-order valence-electron chi connectivity index (χ2n) is 8.02. The third kappa shape index (κ3) is 10.3. The molecule has 0 unspecified atom stereocenters. The molecule has 17 heavy (non-hydrogen) atoms. The highest BCUT2D eigenvalue weighted by molar-refractivity contribution is 8.77. The Morgan fingerprint density at radius 2 is 1.18 bits per heavy atom. The van der Waals surface area contributed by atoms with Gasteiger partial charge in [0.15, 0.2) is 0 Å². The lowest BCUT2D eigenvalue weighted by atomic mass is 9.86. The van der Waals surface area contributed by atoms with Gasteiger partial charge in [0.25, 0.3) is 0 Å². The van der Waals surface area contributed by atoms with Crippen molar-refractivity contribution in [1.82, 2.24) is 0 Å². The minimum Gasteiger partial charge on any atom is -0.0873 e. The minimum atomic E-state index is 0.358. The molecule has 0 aliphatic rings. The molecule has 0 bridgehead atoms. The normalized spacial score (nSPS) is 14.5. The zero-order chi connectivity index (χ0) is 13.9. The first-order valence-electron chi connectivity index (χ1n) is 6.70. The molecule has 0 atom stereocenters. The number of hydrogen-bond donors (Lipinski definition) is 0. The maximum Gasteiger partial charge on any atom is 0.0212 e. The lowest BCUT2D eigenvalue weighted by Gasteiger charge is -2.35. The molecular formula is C15H32S2. The smallest absolute Gasteiger partial charge is 0.0212 e. The van der Waals surface area contributed by atoms with E-state index in [1.165, 1.54) is 12.8 Å². The zero-order valence-corrected chi connectivity index (χ0v) is 14.9. The molecule has 0 nitrogen and oxygen atoms in total. The third-order valence-electron chi connectivity index (χ3n) is 2.35. The molecule has 0 fully saturated rings. The van der Waals surface area contributed by atoms with E-state index in [1.54, 1.807) is 0 Å². The second-order valence-corrected chi connectivity index (χ2v) is 11.6. The predicted octanol–water partition coefficient (Wildman–Crippen LogP) is 6.41. The first-order chi connectivity index (χ1) is 7.33. The summed E-state index contributed by atoms with van der Waals surface area (Å²) in [6, 6.07) is 0. The van der Waals surface area contributed by atoms with Crippen LogP contribution in [-0.2, 0) is 0 Å². The fourth-order valence-electron chi connectivity index (χ4n) is 2.55. The molecule has 0 spiro atoms. The van der Waals surface area contributed by atoms with E-state index in [1.807, 2.05) is 0 Å². The lowest BCUT2D eigenvalue weighted by molar-refractivity contribution is 0.340. The molecular weight excluding hydrogens is 244 g/mol. The van der Waals surface area contributed by atoms with Crippen molar-refractivity contribution < 1.29 is 0 Å². The monoisotopic (exact) mass is 276 g/mol. The van der Waals surface area contributed by atoms with E-state index >= 15 is 0 Å². The Balaban J connectivity index is 4.26. The van der Waals surface area contributed by atoms with Crippen LogP contribution in [0.3, 0.4) is 0 Å². The highest BCUT2D eigenvalue weighted by atomic mass is 33.1. The Bertz CT molecular complexity index is 222. The number of rotatable bonds is 6. The zero-order valence-electron chi connectivity index (χ0n) is 13.3. The average Bonchev–Trinajstić information content (AvgIpc) is 1.94. The van der Waals surface area contributed by atoms with Crippen molar-refractivity contribution in [2.75, 3.05) is 0 Å². The van der Waals surface area contributed by atoms with Crippen molar-refractivity contribution in [2.45, 2.75) is 84.6 Å². The molecule has 0 saturated heterocycles. The van der Waals surface area contributed by atoms with Gasteiger partial charge in [-0.15, -0.1) is 0 Å². The van der Waals surface area contributed by atoms with Gasteiger partial charge in [0.1, 0.15) is 0 Å². The maximum absolute atomic E-state index is 2.38. The second kappa shape index (κ2) is 6.23. The first-order valence-corrected chi connectivity index (χ1v) is 8.85. The molecule has 0 saturated carbocycles. The third-order valence-corrected chi connectivity index (χ3v) is 6.60. The molecule has 104 valence electrons. The molecule has 0 aromatic rings. The Morgan fingerprint density at radius 3 is 1.53 bits per heavy atom. The largest absolute Gasteiger partial charge is 0.0873 e. The summed E-state index contributed by atoms with van der Waals surface area (Å²) in [4.78, 5) is 0. The predicted molar refractivity (Wildman–Crippen MR) is 86.9 cm³/mol. The van der Waals surface area contributed by atoms with Gasteiger partial charge in [-0.3, -0.25) is 0 Å². The topological polar surface area (TPSA) is 0 Å². The van der Waals surface area contributed by atoms with Gasteiger partial charge in [-0.05, 0) is 51.9 Å². The quantitative estimate of drug-likeness (QED) is 0.514. The molecule has 0 radical (unpaired) electrons. The Hall–Kier alpha value is 0.700. The van der Waals surface area contributed by atoms with Gasteiger partial charge in [-0.25, -0.2) is 0 Å². The van der Waals surface area contributed by atoms with Crippen molar-refractivity contribution in [3.63, 3.8) is 0 Å². The van der Waals surface area contributed by atoms with E-state index in [-0.39, 0.29) is 0 Å². The SMILES string of the molecule is CC(C)CC(C)(C)SSC(C)(C)CC(C)(C)C. The van der Waals surface area contributed by atoms with Gasteiger partial charge in [0.2, 0.25) is 0 Å². The summed E-state index contributed by atoms with van der Waals surface area (Å²) in [5, 5.41) is 0. The van der Waals surface area contributed by atoms with Crippen LogP contribution in [-0.4, -0.2) is 9.49 Å². The highest BCUT2D eigenvalue weighted by Gasteiger charge is 2.30. The van der Waals surface area contributed by atoms with E-state index in [2.05, 4.69) is 83.9 Å². The number of hydrogen-bond acceptors (Lipinski definition) is 2. The summed E-state index contributed by atoms with van der Waals surface area (Å²) in [5.41, 5.74) is 0.416. The molecule has 2 heteroatoms. The molecule has 0 rings (SSSR count). The summed E-state index contributed by atoms with van der Waals surface area (Å²) in [6.45, 7) is 21.1. The van der Waals surface area contributed by atoms with Crippen LogP contribution in [0.1, 0.15) is 75.2 Å². The van der Waals surface area contributed by atoms with Gasteiger partial charge >= 0.3 is 0 Å². The van der Waals surface area contributed by atoms with Crippen LogP contribution in [0.4, 0.5) is 0 Å². The molecule has 0 aromatic heterocycles. The molecule has 0 aromatic carbocycles. The van der Waals surface area contributed by atoms with Crippen LogP contribution in [0.15, 0.2) is 0 Å². The van der Waals surface area contributed by atoms with Crippen LogP contribution in [0.5, 0.6) is 0 Å². The van der Waals surface area contributed by atoms with Crippen molar-refractivity contribution in [3.8, 4) is 0 Å². The van der Waals surface area contributed by atoms with Gasteiger partial charge in [0.05, 0.1) is 0 Å². The van der Waals surface area contributed by atoms with E-state index in [4.69, 9.17) is 0 Å². The standard InChI is InChI=1S/C15H32S2/c1-12(2)10-14(6,7)16-17-15(8,9)11-13(3,4)5/h12H,10-11H2,1-9H3. The van der Waals surface area contributed by atoms with Crippen molar-refractivity contribution in [1.29, 1.82) is 0 Å². The van der Waals surface area contributed by atoms with Crippen molar-refractivity contribution in [3.05, 3.63) is 0 Å². The van der Waals surface area contributed by atoms with Gasteiger partial charge in [-0.1, -0.05) is 56.2 Å². The molecule has 0 aliphatic carbocycles. The maximum atomic E-state index is 2.38. The summed E-state index contributed by atoms with van der Waals surface area (Å²) in [6.07, 6.45) is 2.55. The molecule has 0 amide bonds. The first kappa shape index (κ1) is 17.7. The Morgan fingerprint density at radius 1 is 0.765 bits per heavy atom. The minimum absolute atomic E-state index is 0.358. The summed E-state index contributed by atoms with van der Waals surface area (Å²) >= 11 is 0. The molecule has 0 N–H and O–H groups in total. The highest BCUT2D eigenvalue weighted by Crippen LogP contribution is 2.49. The van der Waals surface area contributed by atoms with Gasteiger partial charge in [0, 0.05) is 9.49 Å². The fraction of sp³-hybridized carbons (Fsp3) is 1.00.